The highest BCUT2D eigenvalue weighted by molar-refractivity contribution is 5.89. The molecule has 0 amide bonds. The molecule has 3 heterocycles. The third-order valence-corrected chi connectivity index (χ3v) is 9.83. The van der Waals surface area contributed by atoms with Crippen molar-refractivity contribution < 1.29 is 51.7 Å². The zero-order valence-electron chi connectivity index (χ0n) is 25.7. The van der Waals surface area contributed by atoms with Crippen molar-refractivity contribution in [3.05, 3.63) is 84.2 Å². The molecular weight excluding hydrogens is 584 g/mol. The minimum atomic E-state index is -1.38. The second-order valence-electron chi connectivity index (χ2n) is 12.8. The zero-order chi connectivity index (χ0) is 32.1. The maximum absolute atomic E-state index is 13.6. The van der Waals surface area contributed by atoms with E-state index in [1.807, 2.05) is 20.8 Å². The first-order valence-corrected chi connectivity index (χ1v) is 15.0. The number of fused-ring (bicyclic) bond motifs is 1. The van der Waals surface area contributed by atoms with Gasteiger partial charge in [0.05, 0.1) is 29.1 Å². The summed E-state index contributed by atoms with van der Waals surface area (Å²) in [4.78, 5) is 52.9. The van der Waals surface area contributed by atoms with Gasteiger partial charge in [-0.15, -0.1) is 0 Å². The average molecular weight is 621 g/mol. The highest BCUT2D eigenvalue weighted by atomic mass is 16.6. The lowest BCUT2D eigenvalue weighted by molar-refractivity contribution is -0.300. The Morgan fingerprint density at radius 2 is 1.36 bits per heavy atom. The molecule has 11 heteroatoms. The lowest BCUT2D eigenvalue weighted by Gasteiger charge is -2.62. The number of hydrogen-bond donors (Lipinski definition) is 0. The van der Waals surface area contributed by atoms with Crippen molar-refractivity contribution in [3.8, 4) is 0 Å². The summed E-state index contributed by atoms with van der Waals surface area (Å²) in [5.74, 6) is -3.52. The van der Waals surface area contributed by atoms with Gasteiger partial charge in [-0.05, 0) is 75.9 Å². The highest BCUT2D eigenvalue weighted by Gasteiger charge is 2.80. The number of benzene rings is 1. The van der Waals surface area contributed by atoms with Gasteiger partial charge < -0.3 is 32.5 Å². The van der Waals surface area contributed by atoms with Crippen molar-refractivity contribution in [2.24, 2.45) is 17.3 Å². The van der Waals surface area contributed by atoms with Crippen LogP contribution in [0.2, 0.25) is 0 Å². The molecule has 0 radical (unpaired) electrons. The van der Waals surface area contributed by atoms with E-state index < -0.39 is 76.7 Å². The smallest absolute Gasteiger partial charge is 0.374 e. The molecule has 0 N–H and O–H groups in total. The van der Waals surface area contributed by atoms with Crippen LogP contribution in [0, 0.1) is 17.3 Å². The Morgan fingerprint density at radius 1 is 0.733 bits per heavy atom. The van der Waals surface area contributed by atoms with Crippen LogP contribution in [0.3, 0.4) is 0 Å². The Morgan fingerprint density at radius 3 is 1.93 bits per heavy atom. The maximum Gasteiger partial charge on any atom is 0.374 e. The Balaban J connectivity index is 1.48. The molecule has 11 nitrogen and oxygen atoms in total. The third kappa shape index (κ3) is 4.93. The minimum absolute atomic E-state index is 0.0195. The predicted octanol–water partition coefficient (Wildman–Crippen LogP) is 5.39. The van der Waals surface area contributed by atoms with Crippen molar-refractivity contribution in [1.82, 2.24) is 0 Å². The first-order chi connectivity index (χ1) is 21.4. The summed E-state index contributed by atoms with van der Waals surface area (Å²) in [7, 11) is 0. The standard InChI is InChI=1S/C34H36O11/c1-19-17-25(42-30(37)23-13-9-15-39-23)28(41-20(2)35)33(5)26(43-29(36)21-11-7-6-8-12-21)18-22-27(34(19,33)45-32(22,3)4)44-31(38)24-14-10-16-40-24/h6-16,19,22,25-28H,17-18H2,1-5H3/t19-,22-,25+,26-,27+,28+,33-,34-/m1/s1. The van der Waals surface area contributed by atoms with Gasteiger partial charge in [-0.2, -0.15) is 0 Å². The third-order valence-electron chi connectivity index (χ3n) is 9.83. The number of hydrogen-bond acceptors (Lipinski definition) is 11. The second kappa shape index (κ2) is 11.2. The van der Waals surface area contributed by atoms with Crippen LogP contribution < -0.4 is 0 Å². The van der Waals surface area contributed by atoms with E-state index in [1.165, 1.54) is 31.6 Å². The number of esters is 4. The minimum Gasteiger partial charge on any atom is -0.458 e. The largest absolute Gasteiger partial charge is 0.458 e. The number of furan rings is 2. The molecule has 45 heavy (non-hydrogen) atoms. The first kappa shape index (κ1) is 30.6. The number of rotatable bonds is 7. The summed E-state index contributed by atoms with van der Waals surface area (Å²) in [6.07, 6.45) is -0.818. The van der Waals surface area contributed by atoms with Crippen LogP contribution in [0.5, 0.6) is 0 Å². The molecule has 6 rings (SSSR count). The molecule has 3 aromatic rings. The summed E-state index contributed by atoms with van der Waals surface area (Å²) in [5, 5.41) is 0. The van der Waals surface area contributed by atoms with Crippen molar-refractivity contribution in [2.75, 3.05) is 0 Å². The Bertz CT molecular complexity index is 1560. The molecule has 2 aliphatic carbocycles. The van der Waals surface area contributed by atoms with Gasteiger partial charge in [0.25, 0.3) is 0 Å². The normalized spacial score (nSPS) is 33.0. The molecule has 3 fully saturated rings. The number of carbonyl (C=O) groups is 4. The van der Waals surface area contributed by atoms with Crippen LogP contribution in [0.15, 0.2) is 76.0 Å². The van der Waals surface area contributed by atoms with Crippen LogP contribution in [0.4, 0.5) is 0 Å². The molecule has 3 aliphatic rings. The lowest BCUT2D eigenvalue weighted by atomic mass is 9.48. The van der Waals surface area contributed by atoms with Gasteiger partial charge in [-0.3, -0.25) is 4.79 Å². The van der Waals surface area contributed by atoms with Crippen LogP contribution in [-0.4, -0.2) is 59.5 Å². The Kier molecular flexibility index (Phi) is 7.63. The Labute approximate surface area is 260 Å². The maximum atomic E-state index is 13.6. The summed E-state index contributed by atoms with van der Waals surface area (Å²) in [6, 6.07) is 14.7. The molecule has 1 aromatic carbocycles. The van der Waals surface area contributed by atoms with E-state index in [-0.39, 0.29) is 24.4 Å². The topological polar surface area (TPSA) is 141 Å². The van der Waals surface area contributed by atoms with Gasteiger partial charge in [0.1, 0.15) is 23.9 Å². The van der Waals surface area contributed by atoms with Crippen LogP contribution >= 0.6 is 0 Å². The molecule has 2 bridgehead atoms. The van der Waals surface area contributed by atoms with Crippen LogP contribution in [0.1, 0.15) is 78.9 Å². The van der Waals surface area contributed by atoms with Crippen molar-refractivity contribution in [3.63, 3.8) is 0 Å². The van der Waals surface area contributed by atoms with E-state index in [9.17, 15) is 19.2 Å². The molecule has 1 aliphatic heterocycles. The molecular formula is C34H36O11. The van der Waals surface area contributed by atoms with Crippen molar-refractivity contribution >= 4 is 23.9 Å². The molecule has 1 spiro atoms. The summed E-state index contributed by atoms with van der Waals surface area (Å²) < 4.78 is 42.2. The van der Waals surface area contributed by atoms with Crippen molar-refractivity contribution in [2.45, 2.75) is 83.1 Å². The van der Waals surface area contributed by atoms with Gasteiger partial charge in [-0.1, -0.05) is 25.1 Å². The van der Waals surface area contributed by atoms with E-state index in [4.69, 9.17) is 32.5 Å². The van der Waals surface area contributed by atoms with E-state index in [0.29, 0.717) is 5.56 Å². The molecule has 238 valence electrons. The molecule has 2 saturated carbocycles. The molecule has 0 unspecified atom stereocenters. The monoisotopic (exact) mass is 620 g/mol. The van der Waals surface area contributed by atoms with Crippen LogP contribution in [-0.2, 0) is 28.5 Å². The van der Waals surface area contributed by atoms with Crippen molar-refractivity contribution in [1.29, 1.82) is 0 Å². The second-order valence-corrected chi connectivity index (χ2v) is 12.8. The van der Waals surface area contributed by atoms with Gasteiger partial charge in [0.15, 0.2) is 6.10 Å². The fourth-order valence-electron chi connectivity index (χ4n) is 7.89. The lowest BCUT2D eigenvalue weighted by Crippen LogP contribution is -2.76. The Hall–Kier alpha value is -4.38. The molecule has 2 aromatic heterocycles. The van der Waals surface area contributed by atoms with Gasteiger partial charge >= 0.3 is 23.9 Å². The first-order valence-electron chi connectivity index (χ1n) is 15.0. The number of ether oxygens (including phenoxy) is 5. The fraction of sp³-hybridized carbons (Fsp3) is 0.471. The number of carbonyl (C=O) groups excluding carboxylic acids is 4. The fourth-order valence-corrected chi connectivity index (χ4v) is 7.89. The average Bonchev–Trinajstić information content (AvgIpc) is 3.76. The molecule has 1 saturated heterocycles. The van der Waals surface area contributed by atoms with Gasteiger partial charge in [0.2, 0.25) is 11.5 Å². The predicted molar refractivity (Wildman–Crippen MR) is 155 cm³/mol. The van der Waals surface area contributed by atoms with Crippen LogP contribution in [0.25, 0.3) is 0 Å². The van der Waals surface area contributed by atoms with E-state index in [2.05, 4.69) is 0 Å². The van der Waals surface area contributed by atoms with E-state index in [1.54, 1.807) is 49.4 Å². The zero-order valence-corrected chi connectivity index (χ0v) is 25.7. The van der Waals surface area contributed by atoms with E-state index >= 15 is 0 Å². The quantitative estimate of drug-likeness (QED) is 0.248. The summed E-state index contributed by atoms with van der Waals surface area (Å²) >= 11 is 0. The SMILES string of the molecule is CC(=O)O[C@H]1[C@@H](OC(=O)c2ccco2)C[C@@H](C)[C@]23OC(C)(C)[C@H](C[C@@H](OC(=O)c4ccccc4)[C@]12C)[C@@H]3OC(=O)c1ccco1. The molecule has 8 atom stereocenters. The van der Waals surface area contributed by atoms with E-state index in [0.717, 1.165) is 0 Å². The van der Waals surface area contributed by atoms with Gasteiger partial charge in [0, 0.05) is 12.8 Å². The summed E-state index contributed by atoms with van der Waals surface area (Å²) in [5.41, 5.74) is -3.26. The van der Waals surface area contributed by atoms with Gasteiger partial charge in [-0.25, -0.2) is 14.4 Å². The summed E-state index contributed by atoms with van der Waals surface area (Å²) in [6.45, 7) is 8.75. The highest BCUT2D eigenvalue weighted by Crippen LogP contribution is 2.68.